The van der Waals surface area contributed by atoms with Gasteiger partial charge in [0, 0.05) is 11.8 Å². The van der Waals surface area contributed by atoms with E-state index in [9.17, 15) is 9.90 Å². The van der Waals surface area contributed by atoms with Gasteiger partial charge >= 0.3 is 0 Å². The smallest absolute Gasteiger partial charge is 0.138 e. The molecular formula is C11H20O2. The molecule has 0 aromatic carbocycles. The lowest BCUT2D eigenvalue weighted by Gasteiger charge is -2.20. The lowest BCUT2D eigenvalue weighted by molar-refractivity contribution is -0.127. The molecule has 1 fully saturated rings. The Bertz CT molecular complexity index is 191. The number of ketones is 1. The highest BCUT2D eigenvalue weighted by Crippen LogP contribution is 2.31. The topological polar surface area (TPSA) is 37.3 Å². The molecule has 0 aromatic rings. The molecule has 0 bridgehead atoms. The summed E-state index contributed by atoms with van der Waals surface area (Å²) in [7, 11) is 0. The van der Waals surface area contributed by atoms with Crippen LogP contribution in [0, 0.1) is 11.3 Å². The van der Waals surface area contributed by atoms with Crippen LogP contribution in [0.15, 0.2) is 0 Å². The largest absolute Gasteiger partial charge is 0.393 e. The van der Waals surface area contributed by atoms with E-state index < -0.39 is 0 Å². The van der Waals surface area contributed by atoms with Gasteiger partial charge in [-0.25, -0.2) is 0 Å². The maximum absolute atomic E-state index is 11.7. The number of carbonyl (C=O) groups is 1. The molecule has 1 saturated carbocycles. The third-order valence-corrected chi connectivity index (χ3v) is 2.90. The third-order valence-electron chi connectivity index (χ3n) is 2.90. The van der Waals surface area contributed by atoms with Gasteiger partial charge in [-0.3, -0.25) is 4.79 Å². The van der Waals surface area contributed by atoms with Crippen LogP contribution in [0.3, 0.4) is 0 Å². The standard InChI is InChI=1S/C11H20O2/c1-11(2,3)10(13)7-8-5-4-6-9(8)12/h8-9,12H,4-7H2,1-3H3. The summed E-state index contributed by atoms with van der Waals surface area (Å²) in [4.78, 5) is 11.7. The monoisotopic (exact) mass is 184 g/mol. The van der Waals surface area contributed by atoms with E-state index in [0.29, 0.717) is 6.42 Å². The molecule has 1 N–H and O–H groups in total. The van der Waals surface area contributed by atoms with E-state index in [0.717, 1.165) is 19.3 Å². The highest BCUT2D eigenvalue weighted by atomic mass is 16.3. The number of carbonyl (C=O) groups excluding carboxylic acids is 1. The maximum Gasteiger partial charge on any atom is 0.138 e. The summed E-state index contributed by atoms with van der Waals surface area (Å²) in [5, 5.41) is 9.55. The molecule has 76 valence electrons. The number of aliphatic hydroxyl groups is 1. The van der Waals surface area contributed by atoms with Gasteiger partial charge in [-0.1, -0.05) is 27.2 Å². The minimum Gasteiger partial charge on any atom is -0.393 e. The van der Waals surface area contributed by atoms with E-state index in [4.69, 9.17) is 0 Å². The Kier molecular flexibility index (Phi) is 3.12. The molecular weight excluding hydrogens is 164 g/mol. The van der Waals surface area contributed by atoms with Crippen LogP contribution >= 0.6 is 0 Å². The Balaban J connectivity index is 2.45. The Labute approximate surface area is 80.3 Å². The van der Waals surface area contributed by atoms with Gasteiger partial charge in [0.1, 0.15) is 5.78 Å². The fraction of sp³-hybridized carbons (Fsp3) is 0.909. The summed E-state index contributed by atoms with van der Waals surface area (Å²) >= 11 is 0. The van der Waals surface area contributed by atoms with Gasteiger partial charge in [0.15, 0.2) is 0 Å². The van der Waals surface area contributed by atoms with E-state index in [1.54, 1.807) is 0 Å². The van der Waals surface area contributed by atoms with Gasteiger partial charge in [-0.05, 0) is 18.8 Å². The molecule has 2 heteroatoms. The lowest BCUT2D eigenvalue weighted by atomic mass is 9.84. The van der Waals surface area contributed by atoms with E-state index >= 15 is 0 Å². The van der Waals surface area contributed by atoms with Gasteiger partial charge in [-0.15, -0.1) is 0 Å². The molecule has 13 heavy (non-hydrogen) atoms. The zero-order valence-electron chi connectivity index (χ0n) is 8.84. The van der Waals surface area contributed by atoms with Crippen LogP contribution in [0.25, 0.3) is 0 Å². The predicted octanol–water partition coefficient (Wildman–Crippen LogP) is 2.15. The molecule has 0 spiro atoms. The highest BCUT2D eigenvalue weighted by Gasteiger charge is 2.31. The number of hydrogen-bond donors (Lipinski definition) is 1. The number of hydrogen-bond acceptors (Lipinski definition) is 2. The van der Waals surface area contributed by atoms with E-state index in [2.05, 4.69) is 0 Å². The predicted molar refractivity (Wildman–Crippen MR) is 52.4 cm³/mol. The van der Waals surface area contributed by atoms with E-state index in [1.807, 2.05) is 20.8 Å². The van der Waals surface area contributed by atoms with Crippen molar-refractivity contribution in [3.8, 4) is 0 Å². The lowest BCUT2D eigenvalue weighted by Crippen LogP contribution is -2.25. The Hall–Kier alpha value is -0.370. The molecule has 1 rings (SSSR count). The Morgan fingerprint density at radius 2 is 2.00 bits per heavy atom. The van der Waals surface area contributed by atoms with Crippen molar-refractivity contribution in [3.63, 3.8) is 0 Å². The van der Waals surface area contributed by atoms with Crippen LogP contribution in [0.2, 0.25) is 0 Å². The van der Waals surface area contributed by atoms with Gasteiger partial charge in [0.05, 0.1) is 6.10 Å². The summed E-state index contributed by atoms with van der Waals surface area (Å²) < 4.78 is 0. The molecule has 2 nitrogen and oxygen atoms in total. The van der Waals surface area contributed by atoms with Gasteiger partial charge < -0.3 is 5.11 Å². The van der Waals surface area contributed by atoms with Crippen molar-refractivity contribution in [2.24, 2.45) is 11.3 Å². The van der Waals surface area contributed by atoms with Crippen molar-refractivity contribution in [2.45, 2.75) is 52.6 Å². The van der Waals surface area contributed by atoms with E-state index in [-0.39, 0.29) is 23.2 Å². The molecule has 2 unspecified atom stereocenters. The maximum atomic E-state index is 11.7. The first-order valence-corrected chi connectivity index (χ1v) is 5.12. The fourth-order valence-corrected chi connectivity index (χ4v) is 1.80. The van der Waals surface area contributed by atoms with Crippen molar-refractivity contribution in [2.75, 3.05) is 0 Å². The number of aliphatic hydroxyl groups excluding tert-OH is 1. The number of rotatable bonds is 2. The Morgan fingerprint density at radius 1 is 1.38 bits per heavy atom. The SMILES string of the molecule is CC(C)(C)C(=O)CC1CCCC1O. The van der Waals surface area contributed by atoms with Crippen LogP contribution in [0.1, 0.15) is 46.5 Å². The molecule has 1 aliphatic carbocycles. The van der Waals surface area contributed by atoms with Crippen molar-refractivity contribution in [1.29, 1.82) is 0 Å². The highest BCUT2D eigenvalue weighted by molar-refractivity contribution is 5.83. The van der Waals surface area contributed by atoms with Crippen LogP contribution < -0.4 is 0 Å². The molecule has 0 aromatic heterocycles. The second-order valence-corrected chi connectivity index (χ2v) is 5.14. The van der Waals surface area contributed by atoms with Gasteiger partial charge in [0.2, 0.25) is 0 Å². The molecule has 0 saturated heterocycles. The van der Waals surface area contributed by atoms with Crippen molar-refractivity contribution < 1.29 is 9.90 Å². The second kappa shape index (κ2) is 3.79. The first-order chi connectivity index (χ1) is 5.91. The zero-order chi connectivity index (χ0) is 10.1. The summed E-state index contributed by atoms with van der Waals surface area (Å²) in [5.41, 5.74) is -0.248. The van der Waals surface area contributed by atoms with E-state index in [1.165, 1.54) is 0 Å². The zero-order valence-corrected chi connectivity index (χ0v) is 8.84. The first kappa shape index (κ1) is 10.7. The summed E-state index contributed by atoms with van der Waals surface area (Å²) in [6.45, 7) is 5.82. The van der Waals surface area contributed by atoms with Gasteiger partial charge in [0.25, 0.3) is 0 Å². The third kappa shape index (κ3) is 2.80. The average Bonchev–Trinajstić information content (AvgIpc) is 2.34. The molecule has 0 aliphatic heterocycles. The molecule has 1 aliphatic rings. The summed E-state index contributed by atoms with van der Waals surface area (Å²) in [5.74, 6) is 0.505. The normalized spacial score (nSPS) is 29.2. The molecule has 0 heterocycles. The summed E-state index contributed by atoms with van der Waals surface area (Å²) in [6, 6.07) is 0. The molecule has 0 radical (unpaired) electrons. The minimum absolute atomic E-state index is 0.228. The van der Waals surface area contributed by atoms with Crippen molar-refractivity contribution in [1.82, 2.24) is 0 Å². The quantitative estimate of drug-likeness (QED) is 0.714. The summed E-state index contributed by atoms with van der Waals surface area (Å²) in [6.07, 6.45) is 3.30. The average molecular weight is 184 g/mol. The van der Waals surface area contributed by atoms with Crippen LogP contribution in [0.5, 0.6) is 0 Å². The van der Waals surface area contributed by atoms with Crippen LogP contribution in [0.4, 0.5) is 0 Å². The van der Waals surface area contributed by atoms with Gasteiger partial charge in [-0.2, -0.15) is 0 Å². The van der Waals surface area contributed by atoms with Crippen LogP contribution in [-0.4, -0.2) is 17.0 Å². The number of Topliss-reactive ketones (excluding diaryl/α,β-unsaturated/α-hetero) is 1. The minimum atomic E-state index is -0.248. The van der Waals surface area contributed by atoms with Crippen LogP contribution in [-0.2, 0) is 4.79 Å². The molecule has 0 amide bonds. The fourth-order valence-electron chi connectivity index (χ4n) is 1.80. The Morgan fingerprint density at radius 3 is 2.38 bits per heavy atom. The second-order valence-electron chi connectivity index (χ2n) is 5.14. The van der Waals surface area contributed by atoms with Crippen molar-refractivity contribution >= 4 is 5.78 Å². The molecule has 2 atom stereocenters. The first-order valence-electron chi connectivity index (χ1n) is 5.12. The van der Waals surface area contributed by atoms with Crippen molar-refractivity contribution in [3.05, 3.63) is 0 Å².